The SMILES string of the molecule is CSc1ccc(C(O)CCCC(F)(F)F)cc1. The molecular weight excluding hydrogens is 249 g/mol. The summed E-state index contributed by atoms with van der Waals surface area (Å²) in [4.78, 5) is 1.07. The van der Waals surface area contributed by atoms with Gasteiger partial charge in [-0.15, -0.1) is 11.8 Å². The van der Waals surface area contributed by atoms with Crippen LogP contribution in [0.5, 0.6) is 0 Å². The average molecular weight is 264 g/mol. The first-order chi connectivity index (χ1) is 7.92. The number of hydrogen-bond acceptors (Lipinski definition) is 2. The lowest BCUT2D eigenvalue weighted by molar-refractivity contribution is -0.136. The first-order valence-corrected chi connectivity index (χ1v) is 6.53. The molecule has 1 rings (SSSR count). The predicted octanol–water partition coefficient (Wildman–Crippen LogP) is 4.17. The van der Waals surface area contributed by atoms with Crippen LogP contribution in [0.3, 0.4) is 0 Å². The second kappa shape index (κ2) is 6.31. The van der Waals surface area contributed by atoms with E-state index in [1.54, 1.807) is 23.9 Å². The number of thioether (sulfide) groups is 1. The number of hydrogen-bond donors (Lipinski definition) is 1. The van der Waals surface area contributed by atoms with Crippen LogP contribution in [0.15, 0.2) is 29.2 Å². The quantitative estimate of drug-likeness (QED) is 0.805. The van der Waals surface area contributed by atoms with E-state index < -0.39 is 18.7 Å². The van der Waals surface area contributed by atoms with E-state index >= 15 is 0 Å². The highest BCUT2D eigenvalue weighted by atomic mass is 32.2. The average Bonchev–Trinajstić information content (AvgIpc) is 2.27. The molecular formula is C12H15F3OS. The van der Waals surface area contributed by atoms with Gasteiger partial charge in [-0.3, -0.25) is 0 Å². The van der Waals surface area contributed by atoms with Crippen molar-refractivity contribution >= 4 is 11.8 Å². The highest BCUT2D eigenvalue weighted by Gasteiger charge is 2.26. The maximum atomic E-state index is 11.9. The zero-order valence-corrected chi connectivity index (χ0v) is 10.3. The Morgan fingerprint density at radius 2 is 1.82 bits per heavy atom. The first kappa shape index (κ1) is 14.4. The smallest absolute Gasteiger partial charge is 0.388 e. The van der Waals surface area contributed by atoms with Crippen LogP contribution >= 0.6 is 11.8 Å². The molecule has 1 atom stereocenters. The molecule has 96 valence electrons. The fourth-order valence-electron chi connectivity index (χ4n) is 1.49. The summed E-state index contributed by atoms with van der Waals surface area (Å²) in [6.45, 7) is 0. The van der Waals surface area contributed by atoms with Crippen molar-refractivity contribution in [1.82, 2.24) is 0 Å². The number of rotatable bonds is 5. The Bertz CT molecular complexity index is 335. The van der Waals surface area contributed by atoms with Crippen LogP contribution in [0.25, 0.3) is 0 Å². The molecule has 1 aromatic carbocycles. The number of halogens is 3. The number of aliphatic hydroxyl groups excluding tert-OH is 1. The fourth-order valence-corrected chi connectivity index (χ4v) is 1.90. The largest absolute Gasteiger partial charge is 0.389 e. The van der Waals surface area contributed by atoms with E-state index in [-0.39, 0.29) is 12.8 Å². The van der Waals surface area contributed by atoms with Crippen molar-refractivity contribution in [1.29, 1.82) is 0 Å². The molecule has 0 aliphatic carbocycles. The van der Waals surface area contributed by atoms with Gasteiger partial charge in [-0.1, -0.05) is 12.1 Å². The Kier molecular flexibility index (Phi) is 5.33. The number of alkyl halides is 3. The molecule has 0 amide bonds. The van der Waals surface area contributed by atoms with Crippen molar-refractivity contribution in [3.63, 3.8) is 0 Å². The molecule has 1 aromatic rings. The van der Waals surface area contributed by atoms with E-state index in [9.17, 15) is 18.3 Å². The molecule has 0 saturated heterocycles. The molecule has 0 aromatic heterocycles. The monoisotopic (exact) mass is 264 g/mol. The minimum Gasteiger partial charge on any atom is -0.388 e. The van der Waals surface area contributed by atoms with Crippen LogP contribution in [0, 0.1) is 0 Å². The summed E-state index contributed by atoms with van der Waals surface area (Å²) < 4.78 is 35.8. The summed E-state index contributed by atoms with van der Waals surface area (Å²) in [5.41, 5.74) is 0.671. The van der Waals surface area contributed by atoms with Gasteiger partial charge in [-0.2, -0.15) is 13.2 Å². The lowest BCUT2D eigenvalue weighted by atomic mass is 10.0. The third kappa shape index (κ3) is 5.46. The minimum atomic E-state index is -4.14. The lowest BCUT2D eigenvalue weighted by Gasteiger charge is -2.12. The van der Waals surface area contributed by atoms with Crippen molar-refractivity contribution in [3.8, 4) is 0 Å². The van der Waals surface area contributed by atoms with Gasteiger partial charge in [-0.25, -0.2) is 0 Å². The maximum absolute atomic E-state index is 11.9. The van der Waals surface area contributed by atoms with E-state index in [1.165, 1.54) is 0 Å². The van der Waals surface area contributed by atoms with Crippen molar-refractivity contribution in [2.24, 2.45) is 0 Å². The Balaban J connectivity index is 2.43. The number of aliphatic hydroxyl groups is 1. The fraction of sp³-hybridized carbons (Fsp3) is 0.500. The van der Waals surface area contributed by atoms with E-state index in [0.29, 0.717) is 5.56 Å². The Morgan fingerprint density at radius 1 is 1.24 bits per heavy atom. The maximum Gasteiger partial charge on any atom is 0.389 e. The summed E-state index contributed by atoms with van der Waals surface area (Å²) in [5, 5.41) is 9.71. The molecule has 0 saturated carbocycles. The molecule has 1 N–H and O–H groups in total. The molecule has 17 heavy (non-hydrogen) atoms. The van der Waals surface area contributed by atoms with Crippen LogP contribution < -0.4 is 0 Å². The zero-order valence-electron chi connectivity index (χ0n) is 9.50. The van der Waals surface area contributed by atoms with Gasteiger partial charge >= 0.3 is 6.18 Å². The molecule has 1 nitrogen and oxygen atoms in total. The Morgan fingerprint density at radius 3 is 2.29 bits per heavy atom. The van der Waals surface area contributed by atoms with Crippen LogP contribution in [-0.4, -0.2) is 17.5 Å². The molecule has 0 spiro atoms. The van der Waals surface area contributed by atoms with Crippen LogP contribution in [0.4, 0.5) is 13.2 Å². The molecule has 0 bridgehead atoms. The zero-order chi connectivity index (χ0) is 12.9. The van der Waals surface area contributed by atoms with Gasteiger partial charge in [0.15, 0.2) is 0 Å². The molecule has 0 fully saturated rings. The highest BCUT2D eigenvalue weighted by Crippen LogP contribution is 2.27. The van der Waals surface area contributed by atoms with Crippen LogP contribution in [-0.2, 0) is 0 Å². The summed E-state index contributed by atoms with van der Waals surface area (Å²) >= 11 is 1.58. The Hall–Kier alpha value is -0.680. The lowest BCUT2D eigenvalue weighted by Crippen LogP contribution is -2.08. The van der Waals surface area contributed by atoms with E-state index in [4.69, 9.17) is 0 Å². The second-order valence-electron chi connectivity index (χ2n) is 3.80. The van der Waals surface area contributed by atoms with Gasteiger partial charge in [-0.05, 0) is 36.8 Å². The molecule has 5 heteroatoms. The van der Waals surface area contributed by atoms with Gasteiger partial charge < -0.3 is 5.11 Å². The van der Waals surface area contributed by atoms with Crippen molar-refractivity contribution in [3.05, 3.63) is 29.8 Å². The van der Waals surface area contributed by atoms with Gasteiger partial charge in [0.1, 0.15) is 0 Å². The van der Waals surface area contributed by atoms with Crippen molar-refractivity contribution in [2.45, 2.75) is 36.4 Å². The van der Waals surface area contributed by atoms with E-state index in [1.807, 2.05) is 18.4 Å². The first-order valence-electron chi connectivity index (χ1n) is 5.31. The third-order valence-electron chi connectivity index (χ3n) is 2.44. The Labute approximate surface area is 103 Å². The summed E-state index contributed by atoms with van der Waals surface area (Å²) in [6.07, 6.45) is -3.76. The van der Waals surface area contributed by atoms with E-state index in [2.05, 4.69) is 0 Å². The third-order valence-corrected chi connectivity index (χ3v) is 3.18. The molecule has 1 unspecified atom stereocenters. The second-order valence-corrected chi connectivity index (χ2v) is 4.68. The summed E-state index contributed by atoms with van der Waals surface area (Å²) in [5.74, 6) is 0. The van der Waals surface area contributed by atoms with Gasteiger partial charge in [0.25, 0.3) is 0 Å². The molecule has 0 aliphatic heterocycles. The minimum absolute atomic E-state index is 0.0467. The summed E-state index contributed by atoms with van der Waals surface area (Å²) in [6, 6.07) is 7.22. The molecule has 0 heterocycles. The summed E-state index contributed by atoms with van der Waals surface area (Å²) in [7, 11) is 0. The van der Waals surface area contributed by atoms with Gasteiger partial charge in [0.2, 0.25) is 0 Å². The predicted molar refractivity (Wildman–Crippen MR) is 63.1 cm³/mol. The normalized spacial score (nSPS) is 13.7. The highest BCUT2D eigenvalue weighted by molar-refractivity contribution is 7.98. The molecule has 0 aliphatic rings. The topological polar surface area (TPSA) is 20.2 Å². The van der Waals surface area contributed by atoms with Crippen LogP contribution in [0.2, 0.25) is 0 Å². The van der Waals surface area contributed by atoms with Crippen molar-refractivity contribution < 1.29 is 18.3 Å². The van der Waals surface area contributed by atoms with Gasteiger partial charge in [0, 0.05) is 11.3 Å². The van der Waals surface area contributed by atoms with E-state index in [0.717, 1.165) is 4.90 Å². The van der Waals surface area contributed by atoms with Gasteiger partial charge in [0.05, 0.1) is 6.10 Å². The standard InChI is InChI=1S/C12H15F3OS/c1-17-10-6-4-9(5-7-10)11(16)3-2-8-12(13,14)15/h4-7,11,16H,2-3,8H2,1H3. The van der Waals surface area contributed by atoms with Crippen molar-refractivity contribution in [2.75, 3.05) is 6.26 Å². The molecule has 0 radical (unpaired) electrons. The number of benzene rings is 1. The van der Waals surface area contributed by atoms with Crippen LogP contribution in [0.1, 0.15) is 30.9 Å².